The molecule has 90 valence electrons. The van der Waals surface area contributed by atoms with Gasteiger partial charge < -0.3 is 15.6 Å². The summed E-state index contributed by atoms with van der Waals surface area (Å²) >= 11 is 0. The Balaban J connectivity index is 4.52. The summed E-state index contributed by atoms with van der Waals surface area (Å²) in [6, 6.07) is 0. The molecule has 0 heterocycles. The Morgan fingerprint density at radius 1 is 1.40 bits per heavy atom. The molecule has 0 rings (SSSR count). The van der Waals surface area contributed by atoms with Crippen molar-refractivity contribution in [1.82, 2.24) is 0 Å². The number of aliphatic carboxylic acids is 1. The predicted molar refractivity (Wildman–Crippen MR) is 59.8 cm³/mol. The van der Waals surface area contributed by atoms with Gasteiger partial charge in [0.1, 0.15) is 0 Å². The highest BCUT2D eigenvalue weighted by molar-refractivity contribution is 5.72. The number of carboxylic acids is 1. The van der Waals surface area contributed by atoms with Gasteiger partial charge in [-0.25, -0.2) is 4.79 Å². The average molecular weight is 217 g/mol. The first-order valence-corrected chi connectivity index (χ1v) is 5.65. The molecular formula is C11H23NO3. The molecule has 1 atom stereocenters. The molecule has 0 aliphatic carbocycles. The molecule has 3 N–H and O–H groups in total. The first-order valence-electron chi connectivity index (χ1n) is 5.65. The number of hydrogen-bond donors (Lipinski definition) is 2. The average Bonchev–Trinajstić information content (AvgIpc) is 2.24. The van der Waals surface area contributed by atoms with Gasteiger partial charge in [-0.3, -0.25) is 0 Å². The van der Waals surface area contributed by atoms with E-state index in [0.717, 1.165) is 19.3 Å². The Kier molecular flexibility index (Phi) is 6.52. The van der Waals surface area contributed by atoms with Gasteiger partial charge in [-0.1, -0.05) is 27.2 Å². The van der Waals surface area contributed by atoms with E-state index < -0.39 is 17.7 Å². The molecule has 4 heteroatoms. The van der Waals surface area contributed by atoms with E-state index in [1.54, 1.807) is 0 Å². The molecule has 0 spiro atoms. The number of carbonyl (C=O) groups is 1. The van der Waals surface area contributed by atoms with Crippen LogP contribution in [0.25, 0.3) is 0 Å². The van der Waals surface area contributed by atoms with E-state index in [-0.39, 0.29) is 0 Å². The third-order valence-electron chi connectivity index (χ3n) is 2.88. The van der Waals surface area contributed by atoms with Crippen molar-refractivity contribution in [2.45, 2.75) is 58.2 Å². The van der Waals surface area contributed by atoms with E-state index in [0.29, 0.717) is 13.0 Å². The lowest BCUT2D eigenvalue weighted by Crippen LogP contribution is -2.44. The van der Waals surface area contributed by atoms with E-state index in [2.05, 4.69) is 0 Å². The molecule has 0 radical (unpaired) electrons. The zero-order chi connectivity index (χ0) is 11.9. The van der Waals surface area contributed by atoms with Crippen molar-refractivity contribution >= 4 is 5.97 Å². The lowest BCUT2D eigenvalue weighted by Gasteiger charge is -2.33. The predicted octanol–water partition coefficient (Wildman–Crippen LogP) is 1.77. The Morgan fingerprint density at radius 2 is 1.93 bits per heavy atom. The van der Waals surface area contributed by atoms with Crippen LogP contribution in [0.15, 0.2) is 0 Å². The molecule has 0 amide bonds. The van der Waals surface area contributed by atoms with E-state index in [1.807, 2.05) is 20.8 Å². The van der Waals surface area contributed by atoms with Crippen LogP contribution < -0.4 is 5.73 Å². The second-order valence-corrected chi connectivity index (χ2v) is 3.83. The lowest BCUT2D eigenvalue weighted by atomic mass is 9.96. The molecule has 0 fully saturated rings. The third-order valence-corrected chi connectivity index (χ3v) is 2.88. The summed E-state index contributed by atoms with van der Waals surface area (Å²) in [4.78, 5) is 10.9. The molecule has 0 aliphatic rings. The maximum Gasteiger partial charge on any atom is 0.332 e. The Hall–Kier alpha value is -0.610. The smallest absolute Gasteiger partial charge is 0.332 e. The van der Waals surface area contributed by atoms with Gasteiger partial charge in [-0.15, -0.1) is 0 Å². The monoisotopic (exact) mass is 217 g/mol. The molecule has 0 saturated heterocycles. The zero-order valence-electron chi connectivity index (χ0n) is 9.95. The molecule has 4 nitrogen and oxygen atoms in total. The van der Waals surface area contributed by atoms with Gasteiger partial charge >= 0.3 is 5.97 Å². The van der Waals surface area contributed by atoms with Crippen molar-refractivity contribution in [2.24, 2.45) is 5.73 Å². The maximum absolute atomic E-state index is 10.9. The molecule has 0 aliphatic heterocycles. The van der Waals surface area contributed by atoms with Gasteiger partial charge in [0.05, 0.1) is 5.60 Å². The van der Waals surface area contributed by atoms with Crippen molar-refractivity contribution in [3.8, 4) is 0 Å². The topological polar surface area (TPSA) is 72.5 Å². The fourth-order valence-electron chi connectivity index (χ4n) is 1.55. The molecule has 0 aromatic rings. The van der Waals surface area contributed by atoms with Crippen LogP contribution in [0.4, 0.5) is 0 Å². The summed E-state index contributed by atoms with van der Waals surface area (Å²) in [5.41, 5.74) is 5.18. The van der Waals surface area contributed by atoms with Crippen LogP contribution in [0, 0.1) is 0 Å². The second-order valence-electron chi connectivity index (χ2n) is 3.83. The fraction of sp³-hybridized carbons (Fsp3) is 0.909. The van der Waals surface area contributed by atoms with Gasteiger partial charge in [0, 0.05) is 6.54 Å². The van der Waals surface area contributed by atoms with Crippen molar-refractivity contribution in [1.29, 1.82) is 0 Å². The number of carboxylic acid groups (broad SMARTS) is 1. The summed E-state index contributed by atoms with van der Waals surface area (Å²) in [5.74, 6) is -0.892. The quantitative estimate of drug-likeness (QED) is 0.650. The van der Waals surface area contributed by atoms with Crippen LogP contribution in [0.5, 0.6) is 0 Å². The number of ether oxygens (including phenoxy) is 1. The summed E-state index contributed by atoms with van der Waals surface area (Å²) in [6.07, 6.45) is 2.10. The van der Waals surface area contributed by atoms with Gasteiger partial charge in [-0.05, 0) is 19.3 Å². The minimum absolute atomic E-state index is 0.369. The summed E-state index contributed by atoms with van der Waals surface area (Å²) in [5, 5.41) is 8.99. The SMILES string of the molecule is CCCC(OC(CC)(CC)CN)C(=O)O. The van der Waals surface area contributed by atoms with Crippen LogP contribution in [0.3, 0.4) is 0 Å². The van der Waals surface area contributed by atoms with E-state index in [4.69, 9.17) is 15.6 Å². The highest BCUT2D eigenvalue weighted by atomic mass is 16.5. The van der Waals surface area contributed by atoms with Gasteiger partial charge in [0.15, 0.2) is 6.10 Å². The Morgan fingerprint density at radius 3 is 2.20 bits per heavy atom. The molecule has 0 saturated carbocycles. The summed E-state index contributed by atoms with van der Waals surface area (Å²) in [7, 11) is 0. The van der Waals surface area contributed by atoms with Crippen molar-refractivity contribution < 1.29 is 14.6 Å². The van der Waals surface area contributed by atoms with Crippen LogP contribution >= 0.6 is 0 Å². The van der Waals surface area contributed by atoms with Crippen LogP contribution in [-0.4, -0.2) is 29.3 Å². The maximum atomic E-state index is 10.9. The molecule has 1 unspecified atom stereocenters. The number of hydrogen-bond acceptors (Lipinski definition) is 3. The summed E-state index contributed by atoms with van der Waals surface area (Å²) < 4.78 is 5.66. The third kappa shape index (κ3) is 4.18. The van der Waals surface area contributed by atoms with E-state index in [1.165, 1.54) is 0 Å². The largest absolute Gasteiger partial charge is 0.479 e. The van der Waals surface area contributed by atoms with Gasteiger partial charge in [0.2, 0.25) is 0 Å². The normalized spacial score (nSPS) is 13.9. The van der Waals surface area contributed by atoms with Crippen LogP contribution in [0.1, 0.15) is 46.5 Å². The van der Waals surface area contributed by atoms with Gasteiger partial charge in [-0.2, -0.15) is 0 Å². The highest BCUT2D eigenvalue weighted by Crippen LogP contribution is 2.22. The standard InChI is InChI=1S/C11H23NO3/c1-4-7-9(10(13)14)15-11(5-2,6-3)8-12/h9H,4-8,12H2,1-3H3,(H,13,14). The summed E-state index contributed by atoms with van der Waals surface area (Å²) in [6.45, 7) is 6.26. The molecule has 15 heavy (non-hydrogen) atoms. The van der Waals surface area contributed by atoms with Crippen molar-refractivity contribution in [3.63, 3.8) is 0 Å². The van der Waals surface area contributed by atoms with Gasteiger partial charge in [0.25, 0.3) is 0 Å². The van der Waals surface area contributed by atoms with E-state index >= 15 is 0 Å². The van der Waals surface area contributed by atoms with Crippen molar-refractivity contribution in [3.05, 3.63) is 0 Å². The highest BCUT2D eigenvalue weighted by Gasteiger charge is 2.31. The minimum atomic E-state index is -0.892. The van der Waals surface area contributed by atoms with Crippen LogP contribution in [0.2, 0.25) is 0 Å². The van der Waals surface area contributed by atoms with E-state index in [9.17, 15) is 4.79 Å². The first-order chi connectivity index (χ1) is 7.05. The zero-order valence-corrected chi connectivity index (χ0v) is 9.95. The van der Waals surface area contributed by atoms with Crippen LogP contribution in [-0.2, 0) is 9.53 Å². The Bertz CT molecular complexity index is 182. The molecule has 0 aromatic carbocycles. The lowest BCUT2D eigenvalue weighted by molar-refractivity contribution is -0.165. The second kappa shape index (κ2) is 6.80. The number of rotatable bonds is 8. The van der Waals surface area contributed by atoms with Crippen molar-refractivity contribution in [2.75, 3.05) is 6.54 Å². The molecule has 0 aromatic heterocycles. The molecular weight excluding hydrogens is 194 g/mol. The first kappa shape index (κ1) is 14.4. The molecule has 0 bridgehead atoms. The minimum Gasteiger partial charge on any atom is -0.479 e. The fourth-order valence-corrected chi connectivity index (χ4v) is 1.55. The number of nitrogens with two attached hydrogens (primary N) is 1. The Labute approximate surface area is 91.8 Å².